The van der Waals surface area contributed by atoms with E-state index in [-0.39, 0.29) is 11.1 Å². The molecule has 9 nitrogen and oxygen atoms in total. The van der Waals surface area contributed by atoms with Gasteiger partial charge in [0, 0.05) is 31.0 Å². The van der Waals surface area contributed by atoms with Crippen molar-refractivity contribution in [2.75, 3.05) is 30.5 Å². The van der Waals surface area contributed by atoms with Crippen LogP contribution in [-0.4, -0.2) is 73.1 Å². The summed E-state index contributed by atoms with van der Waals surface area (Å²) >= 11 is 0. The van der Waals surface area contributed by atoms with E-state index in [9.17, 15) is 17.8 Å². The lowest BCUT2D eigenvalue weighted by molar-refractivity contribution is -0.125. The Morgan fingerprint density at radius 1 is 1.19 bits per heavy atom. The lowest BCUT2D eigenvalue weighted by atomic mass is 10.0. The first-order valence-electron chi connectivity index (χ1n) is 12.2. The SMILES string of the molecule is Cc1cccc(N(Cc2ccc(-c3nnc(C(F)F)o3)cn2)S(=O)C2CCN(C3CN(C=O)C3)CC2)c1. The molecule has 0 spiro atoms. The standard InChI is InChI=1S/C25H28F2N6O3S/c1-17-3-2-4-20(11-17)33(37(35)22-7-9-32(10-8-22)21-14-31(15-21)16-34)13-19-6-5-18(12-28-19)24-29-30-25(36-24)23(26)27/h2-6,11-12,16,21-23H,7-10,13-15H2,1H3. The van der Waals surface area contributed by atoms with Crippen LogP contribution in [0, 0.1) is 6.92 Å². The maximum Gasteiger partial charge on any atom is 0.314 e. The Labute approximate surface area is 216 Å². The Bertz CT molecular complexity index is 1240. The number of pyridine rings is 1. The minimum Gasteiger partial charge on any atom is -0.415 e. The average molecular weight is 531 g/mol. The normalized spacial score (nSPS) is 18.1. The van der Waals surface area contributed by atoms with Gasteiger partial charge in [0.15, 0.2) is 0 Å². The van der Waals surface area contributed by atoms with Crippen molar-refractivity contribution in [1.82, 2.24) is 25.0 Å². The van der Waals surface area contributed by atoms with Gasteiger partial charge in [-0.15, -0.1) is 10.2 Å². The molecule has 196 valence electrons. The zero-order valence-electron chi connectivity index (χ0n) is 20.4. The lowest BCUT2D eigenvalue weighted by Crippen LogP contribution is -2.60. The summed E-state index contributed by atoms with van der Waals surface area (Å²) in [4.78, 5) is 19.5. The molecule has 2 fully saturated rings. The molecule has 1 aromatic carbocycles. The fourth-order valence-electron chi connectivity index (χ4n) is 4.70. The molecule has 1 atom stereocenters. The molecule has 0 bridgehead atoms. The topological polar surface area (TPSA) is 95.7 Å². The van der Waals surface area contributed by atoms with Gasteiger partial charge in [-0.2, -0.15) is 8.78 Å². The highest BCUT2D eigenvalue weighted by molar-refractivity contribution is 7.87. The average Bonchev–Trinajstić information content (AvgIpc) is 3.38. The number of likely N-dealkylation sites (tertiary alicyclic amines) is 2. The number of anilines is 1. The van der Waals surface area contributed by atoms with Crippen LogP contribution in [0.15, 0.2) is 47.0 Å². The molecule has 12 heteroatoms. The molecular weight excluding hydrogens is 502 g/mol. The first-order chi connectivity index (χ1) is 17.9. The number of amides is 1. The van der Waals surface area contributed by atoms with Crippen molar-refractivity contribution in [3.63, 3.8) is 0 Å². The molecule has 37 heavy (non-hydrogen) atoms. The third-order valence-corrected chi connectivity index (χ3v) is 8.65. The number of nitrogens with zero attached hydrogens (tertiary/aromatic N) is 6. The Morgan fingerprint density at radius 3 is 2.59 bits per heavy atom. The highest BCUT2D eigenvalue weighted by atomic mass is 32.2. The largest absolute Gasteiger partial charge is 0.415 e. The second-order valence-corrected chi connectivity index (χ2v) is 11.0. The van der Waals surface area contributed by atoms with Gasteiger partial charge in [0.25, 0.3) is 5.89 Å². The highest BCUT2D eigenvalue weighted by Gasteiger charge is 2.35. The maximum absolute atomic E-state index is 13.9. The second kappa shape index (κ2) is 11.0. The minimum atomic E-state index is -2.84. The zero-order chi connectivity index (χ0) is 25.9. The molecule has 2 saturated heterocycles. The van der Waals surface area contributed by atoms with Crippen LogP contribution in [0.5, 0.6) is 0 Å². The second-order valence-electron chi connectivity index (χ2n) is 9.38. The van der Waals surface area contributed by atoms with Gasteiger partial charge in [-0.25, -0.2) is 4.21 Å². The third-order valence-electron chi connectivity index (χ3n) is 6.83. The van der Waals surface area contributed by atoms with Gasteiger partial charge >= 0.3 is 6.43 Å². The first kappa shape index (κ1) is 25.4. The van der Waals surface area contributed by atoms with Gasteiger partial charge in [-0.1, -0.05) is 12.1 Å². The Kier molecular flexibility index (Phi) is 7.56. The number of carbonyl (C=O) groups excluding carboxylic acids is 1. The van der Waals surface area contributed by atoms with Crippen LogP contribution in [-0.2, 0) is 22.3 Å². The van der Waals surface area contributed by atoms with E-state index in [0.29, 0.717) is 23.8 Å². The lowest BCUT2D eigenvalue weighted by Gasteiger charge is -2.46. The molecule has 1 amide bonds. The van der Waals surface area contributed by atoms with Crippen LogP contribution >= 0.6 is 0 Å². The molecular formula is C25H28F2N6O3S. The smallest absolute Gasteiger partial charge is 0.314 e. The van der Waals surface area contributed by atoms with Crippen LogP contribution in [0.2, 0.25) is 0 Å². The summed E-state index contributed by atoms with van der Waals surface area (Å²) in [6.07, 6.45) is 1.17. The van der Waals surface area contributed by atoms with E-state index in [0.717, 1.165) is 56.7 Å². The predicted octanol–water partition coefficient (Wildman–Crippen LogP) is 3.35. The fraction of sp³-hybridized carbons (Fsp3) is 0.440. The van der Waals surface area contributed by atoms with Crippen LogP contribution < -0.4 is 4.31 Å². The van der Waals surface area contributed by atoms with Crippen molar-refractivity contribution in [3.05, 3.63) is 59.7 Å². The molecule has 2 aliphatic heterocycles. The van der Waals surface area contributed by atoms with Crippen molar-refractivity contribution in [2.45, 2.75) is 44.0 Å². The van der Waals surface area contributed by atoms with Gasteiger partial charge in [-0.05, 0) is 62.7 Å². The first-order valence-corrected chi connectivity index (χ1v) is 13.3. The summed E-state index contributed by atoms with van der Waals surface area (Å²) in [5.41, 5.74) is 3.02. The van der Waals surface area contributed by atoms with Gasteiger partial charge in [0.2, 0.25) is 12.3 Å². The number of alkyl halides is 2. The maximum atomic E-state index is 13.9. The summed E-state index contributed by atoms with van der Waals surface area (Å²) in [6, 6.07) is 11.7. The van der Waals surface area contributed by atoms with Crippen LogP contribution in [0.3, 0.4) is 0 Å². The number of hydrogen-bond acceptors (Lipinski definition) is 7. The van der Waals surface area contributed by atoms with Crippen LogP contribution in [0.4, 0.5) is 14.5 Å². The number of aryl methyl sites for hydroxylation is 1. The summed E-state index contributed by atoms with van der Waals surface area (Å²) in [6.45, 7) is 5.55. The van der Waals surface area contributed by atoms with E-state index in [1.165, 1.54) is 6.20 Å². The van der Waals surface area contributed by atoms with Gasteiger partial charge in [0.05, 0.1) is 23.1 Å². The monoisotopic (exact) mass is 530 g/mol. The number of hydrogen-bond donors (Lipinski definition) is 0. The predicted molar refractivity (Wildman–Crippen MR) is 134 cm³/mol. The van der Waals surface area contributed by atoms with E-state index in [1.54, 1.807) is 17.0 Å². The van der Waals surface area contributed by atoms with Crippen molar-refractivity contribution in [2.24, 2.45) is 0 Å². The third kappa shape index (κ3) is 5.69. The number of benzene rings is 1. The van der Waals surface area contributed by atoms with E-state index in [4.69, 9.17) is 4.42 Å². The molecule has 0 N–H and O–H groups in total. The molecule has 0 radical (unpaired) electrons. The Hall–Kier alpha value is -3.25. The quantitative estimate of drug-likeness (QED) is 0.392. The number of piperidine rings is 1. The highest BCUT2D eigenvalue weighted by Crippen LogP contribution is 2.28. The van der Waals surface area contributed by atoms with Gasteiger partial charge in [0.1, 0.15) is 11.0 Å². The molecule has 0 aliphatic carbocycles. The number of rotatable bonds is 9. The molecule has 0 saturated carbocycles. The molecule has 4 heterocycles. The fourth-order valence-corrected chi connectivity index (χ4v) is 6.26. The molecule has 2 aromatic heterocycles. The van der Waals surface area contributed by atoms with E-state index in [1.807, 2.05) is 35.5 Å². The summed E-state index contributed by atoms with van der Waals surface area (Å²) < 4.78 is 46.3. The van der Waals surface area contributed by atoms with Crippen molar-refractivity contribution in [3.8, 4) is 11.5 Å². The van der Waals surface area contributed by atoms with Gasteiger partial charge < -0.3 is 9.32 Å². The number of halogens is 2. The Morgan fingerprint density at radius 2 is 1.97 bits per heavy atom. The van der Waals surface area contributed by atoms with Crippen molar-refractivity contribution in [1.29, 1.82) is 0 Å². The van der Waals surface area contributed by atoms with E-state index >= 15 is 0 Å². The number of carbonyl (C=O) groups is 1. The van der Waals surface area contributed by atoms with Gasteiger partial charge in [-0.3, -0.25) is 19.0 Å². The van der Waals surface area contributed by atoms with Crippen molar-refractivity contribution >= 4 is 23.1 Å². The van der Waals surface area contributed by atoms with Crippen LogP contribution in [0.25, 0.3) is 11.5 Å². The molecule has 3 aromatic rings. The minimum absolute atomic E-state index is 0.00412. The van der Waals surface area contributed by atoms with Crippen molar-refractivity contribution < 1.29 is 22.2 Å². The summed E-state index contributed by atoms with van der Waals surface area (Å²) in [7, 11) is -1.29. The van der Waals surface area contributed by atoms with Crippen LogP contribution in [0.1, 0.15) is 36.4 Å². The van der Waals surface area contributed by atoms with E-state index < -0.39 is 23.3 Å². The molecule has 2 aliphatic rings. The van der Waals surface area contributed by atoms with E-state index in [2.05, 4.69) is 20.1 Å². The molecule has 5 rings (SSSR count). The summed E-state index contributed by atoms with van der Waals surface area (Å²) in [5, 5.41) is 7.02. The molecule has 1 unspecified atom stereocenters. The zero-order valence-corrected chi connectivity index (χ0v) is 21.2. The number of aromatic nitrogens is 3. The Balaban J connectivity index is 1.29. The summed E-state index contributed by atoms with van der Waals surface area (Å²) in [5.74, 6) is -0.757.